The minimum atomic E-state index is -0.722. The van der Waals surface area contributed by atoms with Crippen LogP contribution in [0.5, 0.6) is 0 Å². The standard InChI is InChI=1S/C70H47NO/c1-69(2)60-27-13-8-24-53(60)56-39-37-47(40-63(56)69)71(66-30-16-11-20-49(66)46-34-32-45(33-35-46)44-18-4-3-5-19-44)48-36-38-55-51-22-7-6-21-50(51)52-23-9-14-28-61(52)70(64(55)41-48)62-29-15-10-25-54(62)58-42-59-57-26-12-17-31-67(57)72-68(59)43-65(58)70/h3-43H,1-2H3. The molecule has 2 nitrogen and oxygen atoms in total. The van der Waals surface area contributed by atoms with Crippen LogP contribution in [0, 0.1) is 0 Å². The number of anilines is 3. The molecule has 1 aromatic heterocycles. The van der Waals surface area contributed by atoms with Crippen LogP contribution < -0.4 is 4.90 Å². The van der Waals surface area contributed by atoms with Crippen molar-refractivity contribution in [3.8, 4) is 66.8 Å². The van der Waals surface area contributed by atoms with Crippen molar-refractivity contribution in [2.24, 2.45) is 0 Å². The first-order chi connectivity index (χ1) is 35.5. The van der Waals surface area contributed by atoms with Gasteiger partial charge >= 0.3 is 0 Å². The van der Waals surface area contributed by atoms with Gasteiger partial charge in [0.2, 0.25) is 0 Å². The van der Waals surface area contributed by atoms with E-state index in [1.807, 2.05) is 0 Å². The molecule has 0 radical (unpaired) electrons. The summed E-state index contributed by atoms with van der Waals surface area (Å²) in [4.78, 5) is 2.53. The maximum Gasteiger partial charge on any atom is 0.135 e. The van der Waals surface area contributed by atoms with E-state index >= 15 is 0 Å². The van der Waals surface area contributed by atoms with Crippen molar-refractivity contribution < 1.29 is 4.42 Å². The molecular formula is C70H47NO. The van der Waals surface area contributed by atoms with Gasteiger partial charge in [0.15, 0.2) is 0 Å². The summed E-state index contributed by atoms with van der Waals surface area (Å²) in [6.45, 7) is 4.76. The topological polar surface area (TPSA) is 16.4 Å². The Bertz CT molecular complexity index is 4190. The first kappa shape index (κ1) is 40.9. The Morgan fingerprint density at radius 1 is 0.292 bits per heavy atom. The minimum absolute atomic E-state index is 0.190. The Hall–Kier alpha value is -8.98. The molecule has 1 unspecified atom stereocenters. The van der Waals surface area contributed by atoms with Gasteiger partial charge in [0.25, 0.3) is 0 Å². The molecule has 3 aliphatic carbocycles. The number of furan rings is 1. The van der Waals surface area contributed by atoms with Crippen LogP contribution in [0.25, 0.3) is 88.7 Å². The van der Waals surface area contributed by atoms with E-state index < -0.39 is 5.41 Å². The Balaban J connectivity index is 1.03. The highest BCUT2D eigenvalue weighted by Gasteiger charge is 2.50. The van der Waals surface area contributed by atoms with Crippen molar-refractivity contribution in [2.45, 2.75) is 24.7 Å². The molecule has 15 rings (SSSR count). The molecule has 0 fully saturated rings. The number of rotatable bonds is 5. The van der Waals surface area contributed by atoms with Gasteiger partial charge in [0, 0.05) is 33.1 Å². The van der Waals surface area contributed by atoms with Crippen LogP contribution in [0.15, 0.2) is 253 Å². The lowest BCUT2D eigenvalue weighted by atomic mass is 9.65. The second-order valence-electron chi connectivity index (χ2n) is 20.3. The van der Waals surface area contributed by atoms with Crippen LogP contribution in [-0.2, 0) is 10.8 Å². The smallest absolute Gasteiger partial charge is 0.135 e. The van der Waals surface area contributed by atoms with E-state index in [2.05, 4.69) is 267 Å². The van der Waals surface area contributed by atoms with Crippen molar-refractivity contribution in [2.75, 3.05) is 4.90 Å². The molecule has 12 aromatic rings. The van der Waals surface area contributed by atoms with Crippen LogP contribution in [-0.4, -0.2) is 0 Å². The van der Waals surface area contributed by atoms with E-state index in [0.717, 1.165) is 50.1 Å². The van der Waals surface area contributed by atoms with Gasteiger partial charge in [-0.25, -0.2) is 0 Å². The molecule has 72 heavy (non-hydrogen) atoms. The molecule has 0 N–H and O–H groups in total. The quantitative estimate of drug-likeness (QED) is 0.171. The zero-order chi connectivity index (χ0) is 47.7. The lowest BCUT2D eigenvalue weighted by Gasteiger charge is -2.37. The molecule has 1 spiro atoms. The van der Waals surface area contributed by atoms with E-state index in [1.54, 1.807) is 0 Å². The van der Waals surface area contributed by atoms with Crippen molar-refractivity contribution in [3.63, 3.8) is 0 Å². The van der Waals surface area contributed by atoms with Crippen LogP contribution in [0.2, 0.25) is 0 Å². The Morgan fingerprint density at radius 3 is 1.46 bits per heavy atom. The molecule has 0 saturated heterocycles. The fraction of sp³-hybridized carbons (Fsp3) is 0.0571. The minimum Gasteiger partial charge on any atom is -0.456 e. The van der Waals surface area contributed by atoms with Gasteiger partial charge in [-0.2, -0.15) is 0 Å². The van der Waals surface area contributed by atoms with Gasteiger partial charge in [0.1, 0.15) is 11.2 Å². The third kappa shape index (κ3) is 5.66. The van der Waals surface area contributed by atoms with Crippen LogP contribution in [0.1, 0.15) is 47.2 Å². The molecule has 1 heterocycles. The largest absolute Gasteiger partial charge is 0.456 e. The Morgan fingerprint density at radius 2 is 0.764 bits per heavy atom. The zero-order valence-electron chi connectivity index (χ0n) is 40.0. The molecule has 0 saturated carbocycles. The Kier molecular flexibility index (Phi) is 8.66. The first-order valence-corrected chi connectivity index (χ1v) is 25.2. The van der Waals surface area contributed by atoms with Gasteiger partial charge in [-0.1, -0.05) is 214 Å². The van der Waals surface area contributed by atoms with Crippen molar-refractivity contribution >= 4 is 39.0 Å². The number of hydrogen-bond donors (Lipinski definition) is 0. The normalized spacial score (nSPS) is 15.2. The summed E-state index contributed by atoms with van der Waals surface area (Å²) in [6, 6.07) is 92.7. The highest BCUT2D eigenvalue weighted by atomic mass is 16.3. The van der Waals surface area contributed by atoms with E-state index in [4.69, 9.17) is 4.42 Å². The summed E-state index contributed by atoms with van der Waals surface area (Å²) in [5.41, 5.74) is 26.6. The summed E-state index contributed by atoms with van der Waals surface area (Å²) < 4.78 is 6.81. The molecule has 1 atom stereocenters. The fourth-order valence-electron chi connectivity index (χ4n) is 13.1. The number of benzene rings is 11. The molecule has 2 heteroatoms. The average molecular weight is 918 g/mol. The van der Waals surface area contributed by atoms with Gasteiger partial charge in [-0.05, 0) is 143 Å². The molecular weight excluding hydrogens is 871 g/mol. The number of nitrogens with zero attached hydrogens (tertiary/aromatic N) is 1. The van der Waals surface area contributed by atoms with Gasteiger partial charge < -0.3 is 9.32 Å². The van der Waals surface area contributed by atoms with Crippen molar-refractivity contribution in [3.05, 3.63) is 282 Å². The first-order valence-electron chi connectivity index (χ1n) is 25.2. The second-order valence-corrected chi connectivity index (χ2v) is 20.3. The molecule has 0 bridgehead atoms. The van der Waals surface area contributed by atoms with E-state index in [9.17, 15) is 0 Å². The third-order valence-corrected chi connectivity index (χ3v) is 16.3. The monoisotopic (exact) mass is 917 g/mol. The fourth-order valence-corrected chi connectivity index (χ4v) is 13.1. The highest BCUT2D eigenvalue weighted by Crippen LogP contribution is 2.63. The van der Waals surface area contributed by atoms with Gasteiger partial charge in [-0.3, -0.25) is 0 Å². The Labute approximate surface area is 419 Å². The van der Waals surface area contributed by atoms with Crippen LogP contribution >= 0.6 is 0 Å². The number of hydrogen-bond acceptors (Lipinski definition) is 2. The summed E-state index contributed by atoms with van der Waals surface area (Å²) >= 11 is 0. The maximum absolute atomic E-state index is 6.81. The molecule has 0 aliphatic heterocycles. The van der Waals surface area contributed by atoms with Gasteiger partial charge in [-0.15, -0.1) is 0 Å². The predicted octanol–water partition coefficient (Wildman–Crippen LogP) is 18.7. The van der Waals surface area contributed by atoms with Gasteiger partial charge in [0.05, 0.1) is 11.1 Å². The molecule has 3 aliphatic rings. The van der Waals surface area contributed by atoms with E-state index in [0.29, 0.717) is 0 Å². The van der Waals surface area contributed by atoms with Crippen LogP contribution in [0.3, 0.4) is 0 Å². The summed E-state index contributed by atoms with van der Waals surface area (Å²) in [5.74, 6) is 0. The van der Waals surface area contributed by atoms with E-state index in [1.165, 1.54) is 89.0 Å². The predicted molar refractivity (Wildman–Crippen MR) is 299 cm³/mol. The zero-order valence-corrected chi connectivity index (χ0v) is 40.0. The molecule has 0 amide bonds. The SMILES string of the molecule is CC1(C)c2ccccc2-c2ccc(N(c3ccc4c(c3)C3(c5ccccc5-c5ccccc5-4)c4ccccc4-c4cc5c(cc43)oc3ccccc35)c3ccccc3-c3ccc(-c4ccccc4)cc3)cc21. The van der Waals surface area contributed by atoms with Crippen LogP contribution in [0.4, 0.5) is 17.1 Å². The third-order valence-electron chi connectivity index (χ3n) is 16.3. The highest BCUT2D eigenvalue weighted by molar-refractivity contribution is 6.09. The number of para-hydroxylation sites is 2. The molecule has 11 aromatic carbocycles. The lowest BCUT2D eigenvalue weighted by Crippen LogP contribution is -2.29. The second kappa shape index (κ2) is 15.3. The number of fused-ring (bicyclic) bond motifs is 18. The van der Waals surface area contributed by atoms with Crippen molar-refractivity contribution in [1.29, 1.82) is 0 Å². The average Bonchev–Trinajstić information content (AvgIpc) is 4.01. The molecule has 338 valence electrons. The van der Waals surface area contributed by atoms with E-state index in [-0.39, 0.29) is 5.41 Å². The summed E-state index contributed by atoms with van der Waals surface area (Å²) in [5, 5.41) is 2.27. The maximum atomic E-state index is 6.81. The summed E-state index contributed by atoms with van der Waals surface area (Å²) in [6.07, 6.45) is 0. The van der Waals surface area contributed by atoms with Crippen molar-refractivity contribution in [1.82, 2.24) is 0 Å². The summed E-state index contributed by atoms with van der Waals surface area (Å²) in [7, 11) is 0. The lowest BCUT2D eigenvalue weighted by molar-refractivity contribution is 0.660.